The van der Waals surface area contributed by atoms with Crippen molar-refractivity contribution in [2.75, 3.05) is 11.9 Å². The van der Waals surface area contributed by atoms with Crippen molar-refractivity contribution in [1.29, 1.82) is 0 Å². The summed E-state index contributed by atoms with van der Waals surface area (Å²) >= 11 is 5.81. The van der Waals surface area contributed by atoms with Gasteiger partial charge in [-0.25, -0.2) is 18.4 Å². The van der Waals surface area contributed by atoms with Crippen LogP contribution in [-0.2, 0) is 19.6 Å². The Labute approximate surface area is 158 Å². The number of esters is 1. The average Bonchev–Trinajstić information content (AvgIpc) is 2.59. The van der Waals surface area contributed by atoms with Gasteiger partial charge in [-0.3, -0.25) is 14.9 Å². The first-order valence-electron chi connectivity index (χ1n) is 7.11. The second kappa shape index (κ2) is 8.12. The number of hydrogen-bond acceptors (Lipinski definition) is 7. The number of carbonyl (C=O) groups is 2. The summed E-state index contributed by atoms with van der Waals surface area (Å²) in [4.78, 5) is 33.7. The number of rotatable bonds is 6. The number of halogens is 1. The molecule has 2 aromatic rings. The summed E-state index contributed by atoms with van der Waals surface area (Å²) in [5.74, 6) is -1.80. The molecule has 0 heterocycles. The number of amides is 1. The molecule has 10 nitrogen and oxygen atoms in total. The lowest BCUT2D eigenvalue weighted by Gasteiger charge is -2.08. The molecule has 27 heavy (non-hydrogen) atoms. The Bertz CT molecular complexity index is 1020. The molecule has 0 saturated carbocycles. The quantitative estimate of drug-likeness (QED) is 0.414. The van der Waals surface area contributed by atoms with Gasteiger partial charge in [0.1, 0.15) is 0 Å². The average molecular weight is 414 g/mol. The standard InChI is InChI=1S/C15H12ClN3O7S/c16-13-5-4-10(19(22)23)7-12(13)15(21)26-8-14(20)18-9-2-1-3-11(6-9)27(17,24)25/h1-7H,8H2,(H,18,20)(H2,17,24,25). The van der Waals surface area contributed by atoms with Crippen molar-refractivity contribution < 1.29 is 27.7 Å². The van der Waals surface area contributed by atoms with Crippen LogP contribution in [0.2, 0.25) is 5.02 Å². The molecule has 1 amide bonds. The van der Waals surface area contributed by atoms with E-state index in [0.29, 0.717) is 0 Å². The topological polar surface area (TPSA) is 159 Å². The highest BCUT2D eigenvalue weighted by atomic mass is 35.5. The summed E-state index contributed by atoms with van der Waals surface area (Å²) in [5.41, 5.74) is -0.513. The van der Waals surface area contributed by atoms with Gasteiger partial charge >= 0.3 is 5.97 Å². The van der Waals surface area contributed by atoms with Crippen LogP contribution in [0, 0.1) is 10.1 Å². The summed E-state index contributed by atoms with van der Waals surface area (Å²) in [7, 11) is -3.95. The van der Waals surface area contributed by atoms with Crippen LogP contribution in [0.15, 0.2) is 47.4 Å². The Kier molecular flexibility index (Phi) is 6.10. The fraction of sp³-hybridized carbons (Fsp3) is 0.0667. The van der Waals surface area contributed by atoms with Crippen LogP contribution < -0.4 is 10.5 Å². The maximum Gasteiger partial charge on any atom is 0.340 e. The molecule has 0 unspecified atom stereocenters. The van der Waals surface area contributed by atoms with E-state index in [1.807, 2.05) is 0 Å². The number of nitro benzene ring substituents is 1. The van der Waals surface area contributed by atoms with Gasteiger partial charge in [-0.1, -0.05) is 17.7 Å². The van der Waals surface area contributed by atoms with Crippen molar-refractivity contribution in [3.05, 3.63) is 63.2 Å². The number of carbonyl (C=O) groups excluding carboxylic acids is 2. The summed E-state index contributed by atoms with van der Waals surface area (Å²) in [6, 6.07) is 8.36. The van der Waals surface area contributed by atoms with Crippen molar-refractivity contribution in [3.63, 3.8) is 0 Å². The predicted octanol–water partition coefficient (Wildman–Crippen LogP) is 1.69. The van der Waals surface area contributed by atoms with Gasteiger partial charge in [-0.15, -0.1) is 0 Å². The number of benzene rings is 2. The summed E-state index contributed by atoms with van der Waals surface area (Å²) in [5, 5.41) is 18.0. The monoisotopic (exact) mass is 413 g/mol. The maximum absolute atomic E-state index is 12.0. The molecule has 0 aromatic heterocycles. The number of hydrogen-bond donors (Lipinski definition) is 2. The Morgan fingerprint density at radius 3 is 2.56 bits per heavy atom. The van der Waals surface area contributed by atoms with Gasteiger partial charge in [-0.05, 0) is 24.3 Å². The molecule has 2 rings (SSSR count). The Morgan fingerprint density at radius 1 is 1.22 bits per heavy atom. The molecule has 12 heteroatoms. The number of ether oxygens (including phenoxy) is 1. The van der Waals surface area contributed by atoms with Crippen molar-refractivity contribution >= 4 is 44.9 Å². The molecular weight excluding hydrogens is 402 g/mol. The molecule has 142 valence electrons. The third-order valence-electron chi connectivity index (χ3n) is 3.16. The van der Waals surface area contributed by atoms with Crippen LogP contribution in [0.5, 0.6) is 0 Å². The van der Waals surface area contributed by atoms with Crippen molar-refractivity contribution in [3.8, 4) is 0 Å². The number of anilines is 1. The van der Waals surface area contributed by atoms with Crippen molar-refractivity contribution in [2.45, 2.75) is 4.90 Å². The lowest BCUT2D eigenvalue weighted by molar-refractivity contribution is -0.384. The SMILES string of the molecule is NS(=O)(=O)c1cccc(NC(=O)COC(=O)c2cc([N+](=O)[O-])ccc2Cl)c1. The second-order valence-electron chi connectivity index (χ2n) is 5.12. The number of nitrogens with two attached hydrogens (primary N) is 1. The first-order chi connectivity index (χ1) is 12.6. The molecule has 0 aliphatic carbocycles. The number of nitro groups is 1. The fourth-order valence-corrected chi connectivity index (χ4v) is 2.69. The minimum absolute atomic E-state index is 0.0770. The first kappa shape index (κ1) is 20.3. The molecule has 0 atom stereocenters. The molecule has 2 aromatic carbocycles. The molecule has 0 saturated heterocycles. The van der Waals surface area contributed by atoms with Crippen LogP contribution in [0.4, 0.5) is 11.4 Å². The highest BCUT2D eigenvalue weighted by molar-refractivity contribution is 7.89. The molecule has 3 N–H and O–H groups in total. The number of non-ortho nitro benzene ring substituents is 1. The Balaban J connectivity index is 2.03. The molecular formula is C15H12ClN3O7S. The highest BCUT2D eigenvalue weighted by Gasteiger charge is 2.18. The zero-order valence-electron chi connectivity index (χ0n) is 13.4. The van der Waals surface area contributed by atoms with E-state index in [9.17, 15) is 28.1 Å². The van der Waals surface area contributed by atoms with Crippen molar-refractivity contribution in [1.82, 2.24) is 0 Å². The Morgan fingerprint density at radius 2 is 1.93 bits per heavy atom. The maximum atomic E-state index is 12.0. The predicted molar refractivity (Wildman–Crippen MR) is 94.8 cm³/mol. The number of sulfonamides is 1. The third-order valence-corrected chi connectivity index (χ3v) is 4.40. The van der Waals surface area contributed by atoms with E-state index < -0.39 is 33.4 Å². The lowest BCUT2D eigenvalue weighted by atomic mass is 10.2. The summed E-state index contributed by atoms with van der Waals surface area (Å²) < 4.78 is 27.3. The van der Waals surface area contributed by atoms with Crippen LogP contribution in [-0.4, -0.2) is 31.8 Å². The van der Waals surface area contributed by atoms with Gasteiger partial charge < -0.3 is 10.1 Å². The van der Waals surface area contributed by atoms with E-state index in [-0.39, 0.29) is 26.9 Å². The van der Waals surface area contributed by atoms with Crippen LogP contribution in [0.3, 0.4) is 0 Å². The van der Waals surface area contributed by atoms with E-state index in [2.05, 4.69) is 5.32 Å². The highest BCUT2D eigenvalue weighted by Crippen LogP contribution is 2.22. The first-order valence-corrected chi connectivity index (χ1v) is 9.04. The van der Waals surface area contributed by atoms with Gasteiger partial charge in [0, 0.05) is 17.8 Å². The Hall–Kier alpha value is -3.02. The normalized spacial score (nSPS) is 10.9. The fourth-order valence-electron chi connectivity index (χ4n) is 1.94. The molecule has 0 spiro atoms. The number of nitrogens with one attached hydrogen (secondary N) is 1. The zero-order chi connectivity index (χ0) is 20.2. The van der Waals surface area contributed by atoms with Gasteiger partial charge in [0.25, 0.3) is 11.6 Å². The van der Waals surface area contributed by atoms with Crippen molar-refractivity contribution in [2.24, 2.45) is 5.14 Å². The van der Waals surface area contributed by atoms with E-state index in [0.717, 1.165) is 24.3 Å². The van der Waals surface area contributed by atoms with Crippen LogP contribution >= 0.6 is 11.6 Å². The molecule has 0 fully saturated rings. The van der Waals surface area contributed by atoms with E-state index >= 15 is 0 Å². The summed E-state index contributed by atoms with van der Waals surface area (Å²) in [6.07, 6.45) is 0. The minimum atomic E-state index is -3.95. The van der Waals surface area contributed by atoms with E-state index in [1.54, 1.807) is 0 Å². The van der Waals surface area contributed by atoms with Crippen LogP contribution in [0.25, 0.3) is 0 Å². The second-order valence-corrected chi connectivity index (χ2v) is 7.09. The third kappa shape index (κ3) is 5.48. The summed E-state index contributed by atoms with van der Waals surface area (Å²) in [6.45, 7) is -0.725. The molecule has 0 aliphatic heterocycles. The zero-order valence-corrected chi connectivity index (χ0v) is 15.0. The lowest BCUT2D eigenvalue weighted by Crippen LogP contribution is -2.21. The number of primary sulfonamides is 1. The largest absolute Gasteiger partial charge is 0.452 e. The van der Waals surface area contributed by atoms with Crippen LogP contribution in [0.1, 0.15) is 10.4 Å². The number of nitrogens with zero attached hydrogens (tertiary/aromatic N) is 1. The molecule has 0 bridgehead atoms. The van der Waals surface area contributed by atoms with E-state index in [1.165, 1.54) is 18.2 Å². The minimum Gasteiger partial charge on any atom is -0.452 e. The van der Waals surface area contributed by atoms with Gasteiger partial charge in [0.2, 0.25) is 10.0 Å². The smallest absolute Gasteiger partial charge is 0.340 e. The van der Waals surface area contributed by atoms with Gasteiger partial charge in [-0.2, -0.15) is 0 Å². The van der Waals surface area contributed by atoms with Gasteiger partial charge in [0.15, 0.2) is 6.61 Å². The van der Waals surface area contributed by atoms with E-state index in [4.69, 9.17) is 21.5 Å². The van der Waals surface area contributed by atoms with Gasteiger partial charge in [0.05, 0.1) is 20.4 Å². The molecule has 0 aliphatic rings. The molecule has 0 radical (unpaired) electrons.